The lowest BCUT2D eigenvalue weighted by atomic mass is 10.1. The Morgan fingerprint density at radius 3 is 2.82 bits per heavy atom. The fourth-order valence-corrected chi connectivity index (χ4v) is 2.96. The maximum Gasteiger partial charge on any atom is 0.0938 e. The Morgan fingerprint density at radius 1 is 1.18 bits per heavy atom. The highest BCUT2D eigenvalue weighted by molar-refractivity contribution is 7.18. The van der Waals surface area contributed by atoms with E-state index in [0.29, 0.717) is 0 Å². The summed E-state index contributed by atoms with van der Waals surface area (Å²) in [6.07, 6.45) is 6.02. The molecule has 2 aromatic rings. The third-order valence-corrected chi connectivity index (χ3v) is 4.03. The zero-order valence-corrected chi connectivity index (χ0v) is 11.2. The number of aromatic nitrogens is 1. The number of unbranched alkanes of at least 4 members (excludes halogenated alkanes) is 3. The van der Waals surface area contributed by atoms with Crippen molar-refractivity contribution in [3.63, 3.8) is 0 Å². The van der Waals surface area contributed by atoms with Crippen molar-refractivity contribution >= 4 is 21.6 Å². The van der Waals surface area contributed by atoms with Crippen LogP contribution < -0.4 is 5.73 Å². The Balaban J connectivity index is 1.91. The molecule has 17 heavy (non-hydrogen) atoms. The van der Waals surface area contributed by atoms with Crippen molar-refractivity contribution in [2.75, 3.05) is 6.54 Å². The summed E-state index contributed by atoms with van der Waals surface area (Å²) in [6.45, 7) is 2.94. The number of aryl methyl sites for hydroxylation is 2. The molecule has 1 heterocycles. The molecular weight excluding hydrogens is 228 g/mol. The van der Waals surface area contributed by atoms with E-state index in [2.05, 4.69) is 30.1 Å². The van der Waals surface area contributed by atoms with E-state index in [-0.39, 0.29) is 0 Å². The average molecular weight is 248 g/mol. The van der Waals surface area contributed by atoms with Gasteiger partial charge >= 0.3 is 0 Å². The number of thiazole rings is 1. The van der Waals surface area contributed by atoms with Gasteiger partial charge in [0.15, 0.2) is 0 Å². The number of benzene rings is 1. The van der Waals surface area contributed by atoms with E-state index in [1.807, 2.05) is 11.3 Å². The van der Waals surface area contributed by atoms with Gasteiger partial charge in [0.25, 0.3) is 0 Å². The third-order valence-electron chi connectivity index (χ3n) is 2.93. The maximum absolute atomic E-state index is 5.48. The molecule has 2 nitrogen and oxygen atoms in total. The van der Waals surface area contributed by atoms with E-state index in [1.54, 1.807) is 0 Å². The number of nitrogens with zero attached hydrogens (tertiary/aromatic N) is 1. The van der Waals surface area contributed by atoms with Crippen molar-refractivity contribution < 1.29 is 0 Å². The van der Waals surface area contributed by atoms with Gasteiger partial charge < -0.3 is 5.73 Å². The SMILES string of the molecule is Cc1ccc2sc(CCCCCCN)nc2c1. The van der Waals surface area contributed by atoms with E-state index in [4.69, 9.17) is 5.73 Å². The zero-order valence-electron chi connectivity index (χ0n) is 10.4. The number of hydrogen-bond donors (Lipinski definition) is 1. The monoisotopic (exact) mass is 248 g/mol. The van der Waals surface area contributed by atoms with Gasteiger partial charge in [-0.1, -0.05) is 18.9 Å². The predicted octanol–water partition coefficient (Wildman–Crippen LogP) is 3.67. The molecule has 1 aromatic heterocycles. The Bertz CT molecular complexity index is 476. The van der Waals surface area contributed by atoms with Crippen molar-refractivity contribution in [1.29, 1.82) is 0 Å². The molecular formula is C14H20N2S. The van der Waals surface area contributed by atoms with Gasteiger partial charge in [-0.3, -0.25) is 0 Å². The van der Waals surface area contributed by atoms with Crippen LogP contribution in [0.3, 0.4) is 0 Å². The number of nitrogens with two attached hydrogens (primary N) is 1. The van der Waals surface area contributed by atoms with Crippen molar-refractivity contribution in [3.8, 4) is 0 Å². The Morgan fingerprint density at radius 2 is 2.00 bits per heavy atom. The van der Waals surface area contributed by atoms with Gasteiger partial charge in [0, 0.05) is 0 Å². The predicted molar refractivity (Wildman–Crippen MR) is 75.6 cm³/mol. The van der Waals surface area contributed by atoms with E-state index >= 15 is 0 Å². The zero-order chi connectivity index (χ0) is 12.1. The highest BCUT2D eigenvalue weighted by Crippen LogP contribution is 2.24. The van der Waals surface area contributed by atoms with Gasteiger partial charge in [0.2, 0.25) is 0 Å². The smallest absolute Gasteiger partial charge is 0.0938 e. The molecule has 3 heteroatoms. The molecule has 0 fully saturated rings. The lowest BCUT2D eigenvalue weighted by Gasteiger charge is -1.97. The van der Waals surface area contributed by atoms with Crippen LogP contribution in [0, 0.1) is 6.92 Å². The quantitative estimate of drug-likeness (QED) is 0.792. The van der Waals surface area contributed by atoms with Crippen LogP contribution in [-0.4, -0.2) is 11.5 Å². The van der Waals surface area contributed by atoms with Gasteiger partial charge in [0.1, 0.15) is 0 Å². The molecule has 0 spiro atoms. The molecule has 0 saturated carbocycles. The van der Waals surface area contributed by atoms with Crippen LogP contribution in [0.2, 0.25) is 0 Å². The molecule has 92 valence electrons. The molecule has 0 aliphatic rings. The Labute approximate surface area is 107 Å². The molecule has 0 atom stereocenters. The summed E-state index contributed by atoms with van der Waals surface area (Å²) in [6, 6.07) is 6.51. The topological polar surface area (TPSA) is 38.9 Å². The normalized spacial score (nSPS) is 11.2. The fourth-order valence-electron chi connectivity index (χ4n) is 1.97. The largest absolute Gasteiger partial charge is 0.330 e. The molecule has 2 N–H and O–H groups in total. The molecule has 0 aliphatic carbocycles. The maximum atomic E-state index is 5.48. The summed E-state index contributed by atoms with van der Waals surface area (Å²) in [5.74, 6) is 0. The standard InChI is InChI=1S/C14H20N2S/c1-11-7-8-13-12(10-11)16-14(17-13)6-4-2-3-5-9-15/h7-8,10H,2-6,9,15H2,1H3. The summed E-state index contributed by atoms with van der Waals surface area (Å²) in [4.78, 5) is 4.69. The first-order chi connectivity index (χ1) is 8.29. The first-order valence-electron chi connectivity index (χ1n) is 6.36. The van der Waals surface area contributed by atoms with E-state index in [9.17, 15) is 0 Å². The summed E-state index contributed by atoms with van der Waals surface area (Å²) in [5.41, 5.74) is 7.93. The van der Waals surface area contributed by atoms with Crippen molar-refractivity contribution in [2.24, 2.45) is 5.73 Å². The second-order valence-electron chi connectivity index (χ2n) is 4.53. The number of fused-ring (bicyclic) bond motifs is 1. The van der Waals surface area contributed by atoms with Crippen LogP contribution in [0.25, 0.3) is 10.2 Å². The van der Waals surface area contributed by atoms with Crippen LogP contribution in [0.1, 0.15) is 36.3 Å². The minimum atomic E-state index is 0.820. The van der Waals surface area contributed by atoms with E-state index in [1.165, 1.54) is 34.5 Å². The molecule has 2 rings (SSSR count). The minimum Gasteiger partial charge on any atom is -0.330 e. The van der Waals surface area contributed by atoms with Gasteiger partial charge in [-0.05, 0) is 50.4 Å². The molecule has 0 bridgehead atoms. The van der Waals surface area contributed by atoms with Crippen molar-refractivity contribution in [2.45, 2.75) is 39.0 Å². The summed E-state index contributed by atoms with van der Waals surface area (Å²) in [5, 5.41) is 1.28. The van der Waals surface area contributed by atoms with Gasteiger partial charge in [-0.25, -0.2) is 4.98 Å². The molecule has 0 saturated heterocycles. The van der Waals surface area contributed by atoms with Gasteiger partial charge in [0.05, 0.1) is 15.2 Å². The minimum absolute atomic E-state index is 0.820. The third kappa shape index (κ3) is 3.51. The van der Waals surface area contributed by atoms with E-state index in [0.717, 1.165) is 24.9 Å². The van der Waals surface area contributed by atoms with Crippen LogP contribution in [0.4, 0.5) is 0 Å². The lowest BCUT2D eigenvalue weighted by Crippen LogP contribution is -1.97. The second kappa shape index (κ2) is 6.12. The van der Waals surface area contributed by atoms with Gasteiger partial charge in [-0.2, -0.15) is 0 Å². The Kier molecular flexibility index (Phi) is 4.51. The van der Waals surface area contributed by atoms with Crippen LogP contribution >= 0.6 is 11.3 Å². The molecule has 0 amide bonds. The summed E-state index contributed by atoms with van der Waals surface area (Å²) in [7, 11) is 0. The molecule has 0 radical (unpaired) electrons. The second-order valence-corrected chi connectivity index (χ2v) is 5.65. The van der Waals surface area contributed by atoms with Crippen molar-refractivity contribution in [1.82, 2.24) is 4.98 Å². The first-order valence-corrected chi connectivity index (χ1v) is 7.17. The van der Waals surface area contributed by atoms with Crippen LogP contribution in [0.15, 0.2) is 18.2 Å². The molecule has 0 aliphatic heterocycles. The van der Waals surface area contributed by atoms with Crippen LogP contribution in [-0.2, 0) is 6.42 Å². The Hall–Kier alpha value is -0.930. The highest BCUT2D eigenvalue weighted by atomic mass is 32.1. The van der Waals surface area contributed by atoms with Crippen molar-refractivity contribution in [3.05, 3.63) is 28.8 Å². The number of rotatable bonds is 6. The summed E-state index contributed by atoms with van der Waals surface area (Å²) < 4.78 is 1.31. The fraction of sp³-hybridized carbons (Fsp3) is 0.500. The lowest BCUT2D eigenvalue weighted by molar-refractivity contribution is 0.646. The summed E-state index contributed by atoms with van der Waals surface area (Å²) >= 11 is 1.83. The van der Waals surface area contributed by atoms with Crippen LogP contribution in [0.5, 0.6) is 0 Å². The highest BCUT2D eigenvalue weighted by Gasteiger charge is 2.03. The molecule has 1 aromatic carbocycles. The first kappa shape index (κ1) is 12.5. The van der Waals surface area contributed by atoms with E-state index < -0.39 is 0 Å². The number of hydrogen-bond acceptors (Lipinski definition) is 3. The van der Waals surface area contributed by atoms with Gasteiger partial charge in [-0.15, -0.1) is 11.3 Å². The molecule has 0 unspecified atom stereocenters. The average Bonchev–Trinajstić information content (AvgIpc) is 2.70.